The molecule has 0 aliphatic carbocycles. The molecule has 1 aromatic carbocycles. The second-order valence-electron chi connectivity index (χ2n) is 3.11. The number of nitrogens with zero attached hydrogens (tertiary/aromatic N) is 1. The third-order valence-electron chi connectivity index (χ3n) is 2.21. The van der Waals surface area contributed by atoms with Crippen LogP contribution in [0, 0.1) is 0 Å². The lowest BCUT2D eigenvalue weighted by Gasteiger charge is -2.05. The normalized spacial score (nSPS) is 10.2. The smallest absolute Gasteiger partial charge is 0.123 e. The van der Waals surface area contributed by atoms with Crippen LogP contribution in [0.1, 0.15) is 5.69 Å². The standard InChI is InChI=1S/C11H10N2OS/c1-14-8-3-2-7-4-5-13-10(11(12)15)9(7)6-8/h2-6H,1H3,(H2,12,15). The van der Waals surface area contributed by atoms with Crippen LogP contribution in [0.3, 0.4) is 0 Å². The van der Waals surface area contributed by atoms with E-state index in [1.807, 2.05) is 24.3 Å². The Hall–Kier alpha value is -1.68. The monoisotopic (exact) mass is 218 g/mol. The molecule has 0 fully saturated rings. The topological polar surface area (TPSA) is 48.1 Å². The number of fused-ring (bicyclic) bond motifs is 1. The fourth-order valence-electron chi connectivity index (χ4n) is 1.47. The molecule has 0 bridgehead atoms. The van der Waals surface area contributed by atoms with Crippen molar-refractivity contribution in [2.45, 2.75) is 0 Å². The summed E-state index contributed by atoms with van der Waals surface area (Å²) >= 11 is 4.94. The molecule has 4 heteroatoms. The summed E-state index contributed by atoms with van der Waals surface area (Å²) in [6.07, 6.45) is 1.70. The molecule has 2 N–H and O–H groups in total. The van der Waals surface area contributed by atoms with Crippen LogP contribution in [-0.4, -0.2) is 17.1 Å². The summed E-state index contributed by atoms with van der Waals surface area (Å²) in [7, 11) is 1.62. The van der Waals surface area contributed by atoms with Gasteiger partial charge < -0.3 is 10.5 Å². The summed E-state index contributed by atoms with van der Waals surface area (Å²) in [4.78, 5) is 4.46. The van der Waals surface area contributed by atoms with Crippen molar-refractivity contribution in [2.75, 3.05) is 7.11 Å². The maximum absolute atomic E-state index is 5.60. The van der Waals surface area contributed by atoms with Crippen molar-refractivity contribution in [2.24, 2.45) is 5.73 Å². The third kappa shape index (κ3) is 1.76. The predicted octanol–water partition coefficient (Wildman–Crippen LogP) is 1.88. The van der Waals surface area contributed by atoms with Crippen LogP contribution in [0.15, 0.2) is 30.5 Å². The van der Waals surface area contributed by atoms with Gasteiger partial charge in [0.25, 0.3) is 0 Å². The minimum absolute atomic E-state index is 0.300. The number of aromatic nitrogens is 1. The molecule has 15 heavy (non-hydrogen) atoms. The summed E-state index contributed by atoms with van der Waals surface area (Å²) in [5.74, 6) is 0.771. The van der Waals surface area contributed by atoms with E-state index in [1.165, 1.54) is 0 Å². The summed E-state index contributed by atoms with van der Waals surface area (Å²) in [6.45, 7) is 0. The molecule has 1 heterocycles. The van der Waals surface area contributed by atoms with Gasteiger partial charge >= 0.3 is 0 Å². The van der Waals surface area contributed by atoms with Crippen LogP contribution in [-0.2, 0) is 0 Å². The molecule has 0 aliphatic rings. The molecule has 0 radical (unpaired) electrons. The van der Waals surface area contributed by atoms with Crippen LogP contribution in [0.5, 0.6) is 5.75 Å². The highest BCUT2D eigenvalue weighted by Gasteiger charge is 2.05. The summed E-state index contributed by atoms with van der Waals surface area (Å²) < 4.78 is 5.15. The second kappa shape index (κ2) is 3.82. The number of pyridine rings is 1. The molecule has 0 saturated heterocycles. The molecule has 3 nitrogen and oxygen atoms in total. The van der Waals surface area contributed by atoms with Crippen molar-refractivity contribution in [1.82, 2.24) is 4.98 Å². The number of ether oxygens (including phenoxy) is 1. The molecule has 0 aliphatic heterocycles. The molecule has 0 amide bonds. The largest absolute Gasteiger partial charge is 0.497 e. The molecule has 76 valence electrons. The highest BCUT2D eigenvalue weighted by Crippen LogP contribution is 2.22. The molecule has 2 rings (SSSR count). The molecule has 1 aromatic heterocycles. The lowest BCUT2D eigenvalue weighted by molar-refractivity contribution is 0.415. The van der Waals surface area contributed by atoms with Gasteiger partial charge in [-0.15, -0.1) is 0 Å². The zero-order valence-corrected chi connectivity index (χ0v) is 9.04. The first-order chi connectivity index (χ1) is 7.22. The van der Waals surface area contributed by atoms with Gasteiger partial charge in [-0.3, -0.25) is 4.98 Å². The molecule has 0 atom stereocenters. The van der Waals surface area contributed by atoms with E-state index in [0.29, 0.717) is 10.7 Å². The first-order valence-corrected chi connectivity index (χ1v) is 4.86. The van der Waals surface area contributed by atoms with Crippen molar-refractivity contribution < 1.29 is 4.74 Å². The number of hydrogen-bond donors (Lipinski definition) is 1. The Labute approximate surface area is 92.9 Å². The Bertz CT molecular complexity index is 525. The number of nitrogens with two attached hydrogens (primary N) is 1. The Morgan fingerprint density at radius 2 is 2.20 bits per heavy atom. The second-order valence-corrected chi connectivity index (χ2v) is 3.55. The van der Waals surface area contributed by atoms with Crippen molar-refractivity contribution >= 4 is 28.0 Å². The van der Waals surface area contributed by atoms with E-state index in [2.05, 4.69) is 4.98 Å². The van der Waals surface area contributed by atoms with E-state index in [0.717, 1.165) is 16.5 Å². The van der Waals surface area contributed by atoms with E-state index in [4.69, 9.17) is 22.7 Å². The maximum Gasteiger partial charge on any atom is 0.123 e. The Balaban J connectivity index is 2.76. The summed E-state index contributed by atoms with van der Waals surface area (Å²) in [6, 6.07) is 7.65. The molecule has 0 spiro atoms. The first-order valence-electron chi connectivity index (χ1n) is 4.45. The van der Waals surface area contributed by atoms with Gasteiger partial charge in [0.05, 0.1) is 7.11 Å². The van der Waals surface area contributed by atoms with Gasteiger partial charge in [0, 0.05) is 11.6 Å². The zero-order valence-electron chi connectivity index (χ0n) is 8.23. The lowest BCUT2D eigenvalue weighted by atomic mass is 10.1. The predicted molar refractivity (Wildman–Crippen MR) is 64.2 cm³/mol. The van der Waals surface area contributed by atoms with Crippen molar-refractivity contribution in [3.05, 3.63) is 36.2 Å². The summed E-state index contributed by atoms with van der Waals surface area (Å²) in [5.41, 5.74) is 6.24. The highest BCUT2D eigenvalue weighted by atomic mass is 32.1. The van der Waals surface area contributed by atoms with Gasteiger partial charge in [-0.2, -0.15) is 0 Å². The Kier molecular flexibility index (Phi) is 2.51. The van der Waals surface area contributed by atoms with Gasteiger partial charge in [-0.25, -0.2) is 0 Å². The number of thiocarbonyl (C=S) groups is 1. The fraction of sp³-hybridized carbons (Fsp3) is 0.0909. The number of rotatable bonds is 2. The van der Waals surface area contributed by atoms with E-state index >= 15 is 0 Å². The van der Waals surface area contributed by atoms with Gasteiger partial charge in [-0.05, 0) is 23.6 Å². The minimum Gasteiger partial charge on any atom is -0.497 e. The van der Waals surface area contributed by atoms with E-state index in [1.54, 1.807) is 13.3 Å². The van der Waals surface area contributed by atoms with Crippen molar-refractivity contribution in [3.8, 4) is 5.75 Å². The van der Waals surface area contributed by atoms with Crippen LogP contribution in [0.4, 0.5) is 0 Å². The quantitative estimate of drug-likeness (QED) is 0.782. The Morgan fingerprint density at radius 3 is 2.87 bits per heavy atom. The summed E-state index contributed by atoms with van der Waals surface area (Å²) in [5, 5.41) is 1.97. The van der Waals surface area contributed by atoms with Gasteiger partial charge in [0.1, 0.15) is 16.4 Å². The SMILES string of the molecule is COc1ccc2ccnc(C(N)=S)c2c1. The number of methoxy groups -OCH3 is 1. The molecular formula is C11H10N2OS. The first kappa shape index (κ1) is 9.86. The van der Waals surface area contributed by atoms with Crippen LogP contribution in [0.2, 0.25) is 0 Å². The Morgan fingerprint density at radius 1 is 1.40 bits per heavy atom. The third-order valence-corrected chi connectivity index (χ3v) is 2.40. The molecule has 2 aromatic rings. The van der Waals surface area contributed by atoms with E-state index in [-0.39, 0.29) is 0 Å². The zero-order chi connectivity index (χ0) is 10.8. The number of hydrogen-bond acceptors (Lipinski definition) is 3. The highest BCUT2D eigenvalue weighted by molar-refractivity contribution is 7.80. The van der Waals surface area contributed by atoms with Crippen LogP contribution < -0.4 is 10.5 Å². The molecular weight excluding hydrogens is 208 g/mol. The molecule has 0 saturated carbocycles. The van der Waals surface area contributed by atoms with E-state index < -0.39 is 0 Å². The molecule has 0 unspecified atom stereocenters. The van der Waals surface area contributed by atoms with Gasteiger partial charge in [0.15, 0.2) is 0 Å². The van der Waals surface area contributed by atoms with Crippen molar-refractivity contribution in [3.63, 3.8) is 0 Å². The van der Waals surface area contributed by atoms with Crippen LogP contribution >= 0.6 is 12.2 Å². The average molecular weight is 218 g/mol. The number of benzene rings is 1. The average Bonchev–Trinajstić information content (AvgIpc) is 2.27. The minimum atomic E-state index is 0.300. The fourth-order valence-corrected chi connectivity index (χ4v) is 1.63. The lowest BCUT2D eigenvalue weighted by Crippen LogP contribution is -2.11. The van der Waals surface area contributed by atoms with Crippen LogP contribution in [0.25, 0.3) is 10.8 Å². The maximum atomic E-state index is 5.60. The van der Waals surface area contributed by atoms with Gasteiger partial charge in [0.2, 0.25) is 0 Å². The van der Waals surface area contributed by atoms with Crippen molar-refractivity contribution in [1.29, 1.82) is 0 Å². The van der Waals surface area contributed by atoms with Gasteiger partial charge in [-0.1, -0.05) is 18.3 Å². The van der Waals surface area contributed by atoms with E-state index in [9.17, 15) is 0 Å².